The number of hydrogen-bond acceptors (Lipinski definition) is 4. The van der Waals surface area contributed by atoms with Gasteiger partial charge in [-0.15, -0.1) is 0 Å². The minimum absolute atomic E-state index is 0.0937. The van der Waals surface area contributed by atoms with Crippen LogP contribution in [0.1, 0.15) is 44.9 Å². The second kappa shape index (κ2) is 6.61. The molecule has 0 bridgehead atoms. The molecule has 0 radical (unpaired) electrons. The van der Waals surface area contributed by atoms with Gasteiger partial charge in [-0.3, -0.25) is 4.79 Å². The lowest BCUT2D eigenvalue weighted by Crippen LogP contribution is -2.24. The van der Waals surface area contributed by atoms with E-state index >= 15 is 0 Å². The maximum Gasteiger partial charge on any atom is 0.159 e. The van der Waals surface area contributed by atoms with Crippen molar-refractivity contribution in [3.05, 3.63) is 35.4 Å². The lowest BCUT2D eigenvalue weighted by atomic mass is 9.96. The maximum absolute atomic E-state index is 11.2. The Morgan fingerprint density at radius 2 is 1.91 bits per heavy atom. The minimum atomic E-state index is 0.0937. The van der Waals surface area contributed by atoms with E-state index in [1.54, 1.807) is 12.4 Å². The number of rotatable bonds is 3. The van der Waals surface area contributed by atoms with Gasteiger partial charge < -0.3 is 4.74 Å². The van der Waals surface area contributed by atoms with E-state index in [9.17, 15) is 4.79 Å². The summed E-state index contributed by atoms with van der Waals surface area (Å²) in [5, 5.41) is 0.841. The summed E-state index contributed by atoms with van der Waals surface area (Å²) in [5.41, 5.74) is 0.956. The van der Waals surface area contributed by atoms with Crippen molar-refractivity contribution >= 4 is 23.0 Å². The molecule has 0 saturated heterocycles. The van der Waals surface area contributed by atoms with Crippen LogP contribution < -0.4 is 4.74 Å². The van der Waals surface area contributed by atoms with E-state index in [2.05, 4.69) is 23.0 Å². The number of ether oxygens (including phenoxy) is 1. The van der Waals surface area contributed by atoms with Crippen LogP contribution in [0.5, 0.6) is 5.75 Å². The lowest BCUT2D eigenvalue weighted by Gasteiger charge is -2.22. The second-order valence-corrected chi connectivity index (χ2v) is 6.36. The maximum atomic E-state index is 11.2. The molecule has 1 aromatic heterocycles. The van der Waals surface area contributed by atoms with Crippen LogP contribution in [-0.2, 0) is 4.79 Å². The monoisotopic (exact) mass is 318 g/mol. The van der Waals surface area contributed by atoms with E-state index in [0.29, 0.717) is 36.1 Å². The Labute approximate surface area is 135 Å². The van der Waals surface area contributed by atoms with Crippen LogP contribution >= 0.6 is 11.6 Å². The summed E-state index contributed by atoms with van der Waals surface area (Å²) in [7, 11) is 0. The zero-order valence-corrected chi connectivity index (χ0v) is 13.3. The van der Waals surface area contributed by atoms with Crippen LogP contribution in [-0.4, -0.2) is 21.9 Å². The molecule has 1 fully saturated rings. The van der Waals surface area contributed by atoms with Gasteiger partial charge in [0.1, 0.15) is 5.78 Å². The van der Waals surface area contributed by atoms with Crippen LogP contribution in [0.25, 0.3) is 5.57 Å². The quantitative estimate of drug-likeness (QED) is 0.847. The SMILES string of the molecule is CC1CC=C(c2ncc(OC3CCC(=O)CC3)cn2)C=C1Cl. The van der Waals surface area contributed by atoms with Crippen LogP contribution in [0.4, 0.5) is 0 Å². The fourth-order valence-corrected chi connectivity index (χ4v) is 2.88. The minimum Gasteiger partial charge on any atom is -0.487 e. The van der Waals surface area contributed by atoms with Gasteiger partial charge in [0.2, 0.25) is 0 Å². The molecule has 116 valence electrons. The fraction of sp³-hybridized carbons (Fsp3) is 0.471. The summed E-state index contributed by atoms with van der Waals surface area (Å²) in [6.07, 6.45) is 11.2. The molecular weight excluding hydrogens is 300 g/mol. The number of carbonyl (C=O) groups is 1. The molecular formula is C17H19ClN2O2. The van der Waals surface area contributed by atoms with Gasteiger partial charge in [-0.1, -0.05) is 24.6 Å². The average molecular weight is 319 g/mol. The van der Waals surface area contributed by atoms with Crippen molar-refractivity contribution in [3.63, 3.8) is 0 Å². The molecule has 5 heteroatoms. The van der Waals surface area contributed by atoms with E-state index in [-0.39, 0.29) is 6.10 Å². The number of Topliss-reactive ketones (excluding diaryl/α,β-unsaturated/α-hetero) is 1. The molecule has 2 aliphatic carbocycles. The molecule has 1 atom stereocenters. The van der Waals surface area contributed by atoms with E-state index in [1.807, 2.05) is 6.08 Å². The molecule has 1 heterocycles. The van der Waals surface area contributed by atoms with Gasteiger partial charge in [0.05, 0.1) is 18.5 Å². The predicted octanol–water partition coefficient (Wildman–Crippen LogP) is 3.91. The van der Waals surface area contributed by atoms with Gasteiger partial charge in [-0.05, 0) is 31.3 Å². The number of aromatic nitrogens is 2. The van der Waals surface area contributed by atoms with Crippen LogP contribution in [0.2, 0.25) is 0 Å². The van der Waals surface area contributed by atoms with Gasteiger partial charge in [-0.2, -0.15) is 0 Å². The first-order chi connectivity index (χ1) is 10.6. The number of ketones is 1. The predicted molar refractivity (Wildman–Crippen MR) is 85.6 cm³/mol. The number of halogens is 1. The van der Waals surface area contributed by atoms with Gasteiger partial charge in [-0.25, -0.2) is 9.97 Å². The van der Waals surface area contributed by atoms with Gasteiger partial charge in [0.25, 0.3) is 0 Å². The molecule has 1 aromatic rings. The lowest BCUT2D eigenvalue weighted by molar-refractivity contribution is -0.121. The molecule has 0 N–H and O–H groups in total. The number of carbonyl (C=O) groups excluding carboxylic acids is 1. The third-order valence-corrected chi connectivity index (χ3v) is 4.62. The Bertz CT molecular complexity index is 612. The van der Waals surface area contributed by atoms with E-state index in [0.717, 1.165) is 29.9 Å². The fourth-order valence-electron chi connectivity index (χ4n) is 2.67. The summed E-state index contributed by atoms with van der Waals surface area (Å²) in [5.74, 6) is 2.01. The Morgan fingerprint density at radius 3 is 2.55 bits per heavy atom. The van der Waals surface area contributed by atoms with E-state index in [4.69, 9.17) is 16.3 Å². The molecule has 0 aliphatic heterocycles. The molecule has 0 amide bonds. The van der Waals surface area contributed by atoms with E-state index < -0.39 is 0 Å². The summed E-state index contributed by atoms with van der Waals surface area (Å²) in [4.78, 5) is 20.0. The second-order valence-electron chi connectivity index (χ2n) is 5.92. The summed E-state index contributed by atoms with van der Waals surface area (Å²) in [6.45, 7) is 2.10. The summed E-state index contributed by atoms with van der Waals surface area (Å²) < 4.78 is 5.85. The number of nitrogens with zero attached hydrogens (tertiary/aromatic N) is 2. The van der Waals surface area contributed by atoms with Crippen molar-refractivity contribution in [3.8, 4) is 5.75 Å². The topological polar surface area (TPSA) is 52.1 Å². The molecule has 3 rings (SSSR count). The largest absolute Gasteiger partial charge is 0.487 e. The highest BCUT2D eigenvalue weighted by atomic mass is 35.5. The molecule has 1 unspecified atom stereocenters. The standard InChI is InChI=1S/C17H19ClN2O2/c1-11-2-3-12(8-16(11)18)17-19-9-15(10-20-17)22-14-6-4-13(21)5-7-14/h3,8-11,14H,2,4-7H2,1H3. The highest BCUT2D eigenvalue weighted by Crippen LogP contribution is 2.30. The first kappa shape index (κ1) is 15.2. The molecule has 0 spiro atoms. The van der Waals surface area contributed by atoms with Crippen molar-refractivity contribution < 1.29 is 9.53 Å². The van der Waals surface area contributed by atoms with Crippen molar-refractivity contribution in [2.75, 3.05) is 0 Å². The Balaban J connectivity index is 1.65. The molecule has 4 nitrogen and oxygen atoms in total. The third kappa shape index (κ3) is 3.55. The first-order valence-electron chi connectivity index (χ1n) is 7.70. The van der Waals surface area contributed by atoms with Crippen LogP contribution in [0.15, 0.2) is 29.6 Å². The van der Waals surface area contributed by atoms with Crippen LogP contribution in [0.3, 0.4) is 0 Å². The van der Waals surface area contributed by atoms with Crippen molar-refractivity contribution in [2.45, 2.75) is 45.1 Å². The van der Waals surface area contributed by atoms with Crippen molar-refractivity contribution in [2.24, 2.45) is 5.92 Å². The van der Waals surface area contributed by atoms with E-state index in [1.165, 1.54) is 0 Å². The van der Waals surface area contributed by atoms with Crippen molar-refractivity contribution in [1.29, 1.82) is 0 Å². The normalized spacial score (nSPS) is 23.0. The molecule has 0 aromatic carbocycles. The summed E-state index contributed by atoms with van der Waals surface area (Å²) in [6, 6.07) is 0. The van der Waals surface area contributed by atoms with Crippen LogP contribution in [0, 0.1) is 5.92 Å². The smallest absolute Gasteiger partial charge is 0.159 e. The Kier molecular flexibility index (Phi) is 4.57. The average Bonchev–Trinajstić information content (AvgIpc) is 2.53. The molecule has 22 heavy (non-hydrogen) atoms. The Morgan fingerprint density at radius 1 is 1.23 bits per heavy atom. The third-order valence-electron chi connectivity index (χ3n) is 4.13. The first-order valence-corrected chi connectivity index (χ1v) is 8.07. The van der Waals surface area contributed by atoms with Gasteiger partial charge >= 0.3 is 0 Å². The Hall–Kier alpha value is -1.68. The molecule has 2 aliphatic rings. The number of allylic oxidation sites excluding steroid dienone is 4. The molecule has 1 saturated carbocycles. The summed E-state index contributed by atoms with van der Waals surface area (Å²) >= 11 is 6.20. The highest BCUT2D eigenvalue weighted by Gasteiger charge is 2.20. The highest BCUT2D eigenvalue weighted by molar-refractivity contribution is 6.30. The van der Waals surface area contributed by atoms with Crippen molar-refractivity contribution in [1.82, 2.24) is 9.97 Å². The number of hydrogen-bond donors (Lipinski definition) is 0. The van der Waals surface area contributed by atoms with Gasteiger partial charge in [0, 0.05) is 23.4 Å². The van der Waals surface area contributed by atoms with Gasteiger partial charge in [0.15, 0.2) is 11.6 Å². The zero-order chi connectivity index (χ0) is 15.5. The zero-order valence-electron chi connectivity index (χ0n) is 12.6.